The van der Waals surface area contributed by atoms with E-state index in [4.69, 9.17) is 10.5 Å². The van der Waals surface area contributed by atoms with E-state index in [0.29, 0.717) is 70.4 Å². The van der Waals surface area contributed by atoms with E-state index in [-0.39, 0.29) is 41.0 Å². The number of nitrogen functional groups attached to an aromatic ring is 1. The number of carbonyl (C=O) groups is 2. The van der Waals surface area contributed by atoms with Crippen molar-refractivity contribution < 1.29 is 27.5 Å². The highest BCUT2D eigenvalue weighted by atomic mass is 19.4. The number of nitrogens with one attached hydrogen (secondary N) is 1. The lowest BCUT2D eigenvalue weighted by Gasteiger charge is -2.55. The predicted octanol–water partition coefficient (Wildman–Crippen LogP) is 1.50. The number of rotatable bonds is 10. The summed E-state index contributed by atoms with van der Waals surface area (Å²) in [4.78, 5) is 41.3. The highest BCUT2D eigenvalue weighted by Gasteiger charge is 2.50. The van der Waals surface area contributed by atoms with Gasteiger partial charge in [-0.3, -0.25) is 14.5 Å². The Kier molecular flexibility index (Phi) is 9.09. The topological polar surface area (TPSA) is 137 Å². The molecular weight excluding hydrogens is 617 g/mol. The standard InChI is InChI=1S/C31H39F3N10O3/c1-40(2)6-4-3-5-26(45)37-14-27(46)42-9-7-41(8-10-42)15-21-11-24-29(43-17-30(18-43)19-47-20-30)38-28(39-44(24)16-21)22-13-36-25(35)12-23(22)31(32,33)34/h3,5,11-13,16H,4,6-10,14-15,17-20H2,1-2H3,(H2,35,36)(H,37,45)/b5-3+. The summed E-state index contributed by atoms with van der Waals surface area (Å²) < 4.78 is 49.0. The second-order valence-electron chi connectivity index (χ2n) is 12.8. The molecule has 3 aliphatic rings. The van der Waals surface area contributed by atoms with Gasteiger partial charge in [-0.25, -0.2) is 14.5 Å². The summed E-state index contributed by atoms with van der Waals surface area (Å²) in [5.41, 5.74) is 6.07. The first-order chi connectivity index (χ1) is 22.4. The van der Waals surface area contributed by atoms with Crippen molar-refractivity contribution in [3.63, 3.8) is 0 Å². The lowest BCUT2D eigenvalue weighted by Crippen LogP contribution is -2.66. The Hall–Kier alpha value is -4.28. The largest absolute Gasteiger partial charge is 0.417 e. The Morgan fingerprint density at radius 1 is 1.15 bits per heavy atom. The van der Waals surface area contributed by atoms with E-state index in [1.165, 1.54) is 6.08 Å². The lowest BCUT2D eigenvalue weighted by atomic mass is 9.78. The van der Waals surface area contributed by atoms with Gasteiger partial charge < -0.3 is 30.5 Å². The quantitative estimate of drug-likeness (QED) is 0.309. The first-order valence-corrected chi connectivity index (χ1v) is 15.5. The minimum absolute atomic E-state index is 0.0555. The number of alkyl halides is 3. The van der Waals surface area contributed by atoms with Crippen LogP contribution < -0.4 is 16.0 Å². The van der Waals surface area contributed by atoms with Gasteiger partial charge in [0.2, 0.25) is 11.8 Å². The Balaban J connectivity index is 1.13. The summed E-state index contributed by atoms with van der Waals surface area (Å²) >= 11 is 0. The van der Waals surface area contributed by atoms with E-state index < -0.39 is 11.7 Å². The molecule has 0 radical (unpaired) electrons. The predicted molar refractivity (Wildman–Crippen MR) is 168 cm³/mol. The number of amides is 2. The fourth-order valence-corrected chi connectivity index (χ4v) is 6.11. The maximum atomic E-state index is 14.0. The van der Waals surface area contributed by atoms with Crippen LogP contribution in [0, 0.1) is 5.41 Å². The normalized spacial score (nSPS) is 18.3. The van der Waals surface area contributed by atoms with Gasteiger partial charge in [0, 0.05) is 64.8 Å². The number of nitrogens with zero attached hydrogens (tertiary/aromatic N) is 8. The van der Waals surface area contributed by atoms with Gasteiger partial charge in [-0.1, -0.05) is 6.08 Å². The molecule has 3 aromatic rings. The molecule has 13 nitrogen and oxygen atoms in total. The molecule has 3 aromatic heterocycles. The molecule has 3 fully saturated rings. The van der Waals surface area contributed by atoms with Crippen LogP contribution in [0.25, 0.3) is 16.9 Å². The fourth-order valence-electron chi connectivity index (χ4n) is 6.11. The summed E-state index contributed by atoms with van der Waals surface area (Å²) in [5, 5.41) is 7.15. The molecule has 3 saturated heterocycles. The molecule has 252 valence electrons. The monoisotopic (exact) mass is 656 g/mol. The molecule has 3 N–H and O–H groups in total. The average molecular weight is 657 g/mol. The molecule has 3 aliphatic heterocycles. The van der Waals surface area contributed by atoms with Crippen LogP contribution in [0.15, 0.2) is 36.7 Å². The molecule has 6 rings (SSSR count). The Morgan fingerprint density at radius 2 is 1.89 bits per heavy atom. The minimum atomic E-state index is -4.67. The number of piperazine rings is 1. The van der Waals surface area contributed by atoms with Crippen molar-refractivity contribution in [2.24, 2.45) is 5.41 Å². The van der Waals surface area contributed by atoms with Crippen LogP contribution in [-0.4, -0.2) is 126 Å². The number of ether oxygens (including phenoxy) is 1. The highest BCUT2D eigenvalue weighted by molar-refractivity contribution is 5.91. The number of pyridine rings is 1. The van der Waals surface area contributed by atoms with Crippen LogP contribution in [0.5, 0.6) is 0 Å². The van der Waals surface area contributed by atoms with Crippen molar-refractivity contribution in [2.75, 3.05) is 90.3 Å². The number of hydrogen-bond donors (Lipinski definition) is 2. The summed E-state index contributed by atoms with van der Waals surface area (Å²) in [5.74, 6) is -0.215. The molecule has 47 heavy (non-hydrogen) atoms. The molecule has 0 unspecified atom stereocenters. The lowest BCUT2D eigenvalue weighted by molar-refractivity contribution is -0.137. The molecular formula is C31H39F3N10O3. The maximum absolute atomic E-state index is 14.0. The van der Waals surface area contributed by atoms with Crippen molar-refractivity contribution in [3.05, 3.63) is 47.8 Å². The Labute approximate surface area is 270 Å². The SMILES string of the molecule is CN(C)CC/C=C/C(=O)NCC(=O)N1CCN(Cc2cc3c(N4CC5(COC5)C4)nc(-c4cnc(N)cc4C(F)(F)F)nn3c2)CC1. The molecule has 0 saturated carbocycles. The van der Waals surface area contributed by atoms with E-state index in [2.05, 4.69) is 25.3 Å². The van der Waals surface area contributed by atoms with Crippen LogP contribution in [-0.2, 0) is 27.0 Å². The molecule has 2 amide bonds. The minimum Gasteiger partial charge on any atom is -0.384 e. The maximum Gasteiger partial charge on any atom is 0.417 e. The van der Waals surface area contributed by atoms with Crippen molar-refractivity contribution in [1.29, 1.82) is 0 Å². The van der Waals surface area contributed by atoms with Gasteiger partial charge in [-0.15, -0.1) is 5.10 Å². The van der Waals surface area contributed by atoms with Gasteiger partial charge in [0.1, 0.15) is 11.3 Å². The van der Waals surface area contributed by atoms with Gasteiger partial charge in [0.25, 0.3) is 0 Å². The molecule has 0 bridgehead atoms. The smallest absolute Gasteiger partial charge is 0.384 e. The molecule has 1 spiro atoms. The fraction of sp³-hybridized carbons (Fsp3) is 0.516. The van der Waals surface area contributed by atoms with Gasteiger partial charge in [0.05, 0.1) is 36.3 Å². The van der Waals surface area contributed by atoms with Crippen molar-refractivity contribution in [1.82, 2.24) is 39.6 Å². The molecule has 16 heteroatoms. The van der Waals surface area contributed by atoms with Gasteiger partial charge in [-0.2, -0.15) is 13.2 Å². The van der Waals surface area contributed by atoms with Crippen LogP contribution in [0.3, 0.4) is 0 Å². The number of anilines is 2. The van der Waals surface area contributed by atoms with E-state index >= 15 is 0 Å². The Morgan fingerprint density at radius 3 is 2.55 bits per heavy atom. The van der Waals surface area contributed by atoms with E-state index in [0.717, 1.165) is 30.8 Å². The zero-order chi connectivity index (χ0) is 33.3. The number of hydrogen-bond acceptors (Lipinski definition) is 10. The highest BCUT2D eigenvalue weighted by Crippen LogP contribution is 2.42. The van der Waals surface area contributed by atoms with Crippen molar-refractivity contribution in [3.8, 4) is 11.4 Å². The van der Waals surface area contributed by atoms with Gasteiger partial charge >= 0.3 is 6.18 Å². The third-order valence-electron chi connectivity index (χ3n) is 8.70. The van der Waals surface area contributed by atoms with Crippen molar-refractivity contribution >= 4 is 29.0 Å². The van der Waals surface area contributed by atoms with Crippen LogP contribution in [0.1, 0.15) is 17.5 Å². The van der Waals surface area contributed by atoms with Crippen LogP contribution in [0.2, 0.25) is 0 Å². The summed E-state index contributed by atoms with van der Waals surface area (Å²) in [7, 11) is 3.92. The van der Waals surface area contributed by atoms with Gasteiger partial charge in [-0.05, 0) is 44.3 Å². The third kappa shape index (κ3) is 7.34. The van der Waals surface area contributed by atoms with E-state index in [9.17, 15) is 22.8 Å². The number of nitrogens with two attached hydrogens (primary N) is 1. The number of halogens is 3. The summed E-state index contributed by atoms with van der Waals surface area (Å²) in [6, 6.07) is 2.77. The third-order valence-corrected chi connectivity index (χ3v) is 8.70. The zero-order valence-corrected chi connectivity index (χ0v) is 26.5. The molecule has 0 aliphatic carbocycles. The summed E-state index contributed by atoms with van der Waals surface area (Å²) in [6.07, 6.45) is 2.20. The van der Waals surface area contributed by atoms with Crippen LogP contribution in [0.4, 0.5) is 24.8 Å². The van der Waals surface area contributed by atoms with Crippen molar-refractivity contribution in [2.45, 2.75) is 19.1 Å². The first kappa shape index (κ1) is 32.7. The Bertz CT molecular complexity index is 1650. The second-order valence-corrected chi connectivity index (χ2v) is 12.8. The average Bonchev–Trinajstić information content (AvgIpc) is 3.39. The van der Waals surface area contributed by atoms with Crippen LogP contribution >= 0.6 is 0 Å². The zero-order valence-electron chi connectivity index (χ0n) is 26.5. The summed E-state index contributed by atoms with van der Waals surface area (Å²) in [6.45, 7) is 6.29. The number of fused-ring (bicyclic) bond motifs is 1. The van der Waals surface area contributed by atoms with Gasteiger partial charge in [0.15, 0.2) is 11.6 Å². The molecule has 0 aromatic carbocycles. The molecule has 0 atom stereocenters. The van der Waals surface area contributed by atoms with E-state index in [1.807, 2.05) is 36.2 Å². The number of carbonyl (C=O) groups excluding carboxylic acids is 2. The number of aromatic nitrogens is 4. The second kappa shape index (κ2) is 13.1. The first-order valence-electron chi connectivity index (χ1n) is 15.5. The van der Waals surface area contributed by atoms with E-state index in [1.54, 1.807) is 15.5 Å². The molecule has 6 heterocycles.